The summed E-state index contributed by atoms with van der Waals surface area (Å²) >= 11 is 0. The van der Waals surface area contributed by atoms with Crippen LogP contribution in [0, 0.1) is 6.92 Å². The molecule has 6 aromatic rings. The molecular weight excluding hydrogens is 386 g/mol. The minimum Gasteiger partial charge on any atom is -0.335 e. The van der Waals surface area contributed by atoms with Gasteiger partial charge in [-0.1, -0.05) is 12.1 Å². The lowest BCUT2D eigenvalue weighted by Crippen LogP contribution is -1.86. The molecule has 0 amide bonds. The fraction of sp³-hybridized carbons (Fsp3) is 0.0417. The second kappa shape index (κ2) is 6.84. The van der Waals surface area contributed by atoms with Gasteiger partial charge in [0.05, 0.1) is 11.0 Å². The van der Waals surface area contributed by atoms with Gasteiger partial charge >= 0.3 is 0 Å². The molecule has 0 aliphatic heterocycles. The third-order valence-electron chi connectivity index (χ3n) is 5.50. The highest BCUT2D eigenvalue weighted by atomic mass is 15.1. The van der Waals surface area contributed by atoms with Gasteiger partial charge in [-0.25, -0.2) is 9.97 Å². The molecular formula is C24H17N7. The lowest BCUT2D eigenvalue weighted by atomic mass is 10.0. The van der Waals surface area contributed by atoms with Crippen molar-refractivity contribution in [2.75, 3.05) is 0 Å². The Kier molecular flexibility index (Phi) is 3.86. The molecule has 0 saturated heterocycles. The highest BCUT2D eigenvalue weighted by molar-refractivity contribution is 5.97. The smallest absolute Gasteiger partial charge is 0.178 e. The third-order valence-corrected chi connectivity index (χ3v) is 5.50. The SMILES string of the molecule is Cc1ccncc1-c1ccc2[nH]nc(-c3nc4nccc(-c5cccnc5)c4[nH]3)c2c1. The maximum absolute atomic E-state index is 4.73. The maximum Gasteiger partial charge on any atom is 0.178 e. The molecule has 5 heterocycles. The minimum absolute atomic E-state index is 0.645. The Morgan fingerprint density at radius 3 is 2.65 bits per heavy atom. The van der Waals surface area contributed by atoms with Crippen LogP contribution in [0.25, 0.3) is 55.8 Å². The summed E-state index contributed by atoms with van der Waals surface area (Å²) < 4.78 is 0. The van der Waals surface area contributed by atoms with Crippen molar-refractivity contribution < 1.29 is 0 Å². The Morgan fingerprint density at radius 2 is 1.77 bits per heavy atom. The number of imidazole rings is 1. The average Bonchev–Trinajstić information content (AvgIpc) is 3.43. The largest absolute Gasteiger partial charge is 0.335 e. The zero-order valence-corrected chi connectivity index (χ0v) is 16.7. The molecule has 7 nitrogen and oxygen atoms in total. The van der Waals surface area contributed by atoms with Gasteiger partial charge in [0.25, 0.3) is 0 Å². The summed E-state index contributed by atoms with van der Waals surface area (Å²) in [7, 11) is 0. The van der Waals surface area contributed by atoms with Gasteiger partial charge in [-0.05, 0) is 48.4 Å². The standard InChI is InChI=1S/C24H17N7/c1-14-6-9-26-13-19(14)15-4-5-20-18(11-15)22(31-30-20)24-28-21-17(7-10-27-23(21)29-24)16-3-2-8-25-12-16/h2-13H,1H3,(H,30,31)(H,27,28,29). The van der Waals surface area contributed by atoms with E-state index in [2.05, 4.69) is 49.2 Å². The van der Waals surface area contributed by atoms with Crippen molar-refractivity contribution in [3.8, 4) is 33.8 Å². The number of hydrogen-bond acceptors (Lipinski definition) is 5. The summed E-state index contributed by atoms with van der Waals surface area (Å²) in [6, 6.07) is 14.2. The topological polar surface area (TPSA) is 96.0 Å². The molecule has 6 rings (SSSR count). The summed E-state index contributed by atoms with van der Waals surface area (Å²) in [4.78, 5) is 21.1. The number of fused-ring (bicyclic) bond motifs is 2. The average molecular weight is 403 g/mol. The zero-order valence-electron chi connectivity index (χ0n) is 16.7. The first-order valence-corrected chi connectivity index (χ1v) is 9.92. The Bertz CT molecular complexity index is 1550. The molecule has 0 saturated carbocycles. The van der Waals surface area contributed by atoms with Crippen LogP contribution in [0.4, 0.5) is 0 Å². The van der Waals surface area contributed by atoms with Crippen molar-refractivity contribution in [1.29, 1.82) is 0 Å². The maximum atomic E-state index is 4.73. The second-order valence-electron chi connectivity index (χ2n) is 7.41. The van der Waals surface area contributed by atoms with E-state index in [0.29, 0.717) is 11.5 Å². The number of aromatic amines is 2. The number of rotatable bonds is 3. The van der Waals surface area contributed by atoms with E-state index >= 15 is 0 Å². The molecule has 7 heteroatoms. The molecule has 0 atom stereocenters. The number of H-pyrrole nitrogens is 2. The number of hydrogen-bond donors (Lipinski definition) is 2. The highest BCUT2D eigenvalue weighted by Gasteiger charge is 2.16. The molecule has 5 aromatic heterocycles. The fourth-order valence-corrected chi connectivity index (χ4v) is 3.91. The van der Waals surface area contributed by atoms with Gasteiger partial charge in [0, 0.05) is 53.1 Å². The number of benzene rings is 1. The normalized spacial score (nSPS) is 11.4. The second-order valence-corrected chi connectivity index (χ2v) is 7.41. The summed E-state index contributed by atoms with van der Waals surface area (Å²) in [6.07, 6.45) is 9.06. The van der Waals surface area contributed by atoms with Crippen LogP contribution >= 0.6 is 0 Å². The van der Waals surface area contributed by atoms with Gasteiger partial charge in [0.1, 0.15) is 5.69 Å². The Hall–Kier alpha value is -4.39. The van der Waals surface area contributed by atoms with Crippen LogP contribution in [-0.4, -0.2) is 35.1 Å². The van der Waals surface area contributed by atoms with Crippen molar-refractivity contribution in [3.05, 3.63) is 79.0 Å². The molecule has 0 bridgehead atoms. The third kappa shape index (κ3) is 2.86. The van der Waals surface area contributed by atoms with Crippen molar-refractivity contribution in [3.63, 3.8) is 0 Å². The number of aryl methyl sites for hydroxylation is 1. The van der Waals surface area contributed by atoms with E-state index < -0.39 is 0 Å². The van der Waals surface area contributed by atoms with Crippen molar-refractivity contribution in [2.45, 2.75) is 6.92 Å². The molecule has 0 fully saturated rings. The molecule has 1 aromatic carbocycles. The van der Waals surface area contributed by atoms with E-state index in [1.54, 1.807) is 12.4 Å². The zero-order chi connectivity index (χ0) is 20.8. The highest BCUT2D eigenvalue weighted by Crippen LogP contribution is 2.32. The Balaban J connectivity index is 1.52. The summed E-state index contributed by atoms with van der Waals surface area (Å²) in [5.41, 5.74) is 8.58. The molecule has 0 spiro atoms. The predicted octanol–water partition coefficient (Wildman–Crippen LogP) is 4.93. The summed E-state index contributed by atoms with van der Waals surface area (Å²) in [5, 5.41) is 8.65. The van der Waals surface area contributed by atoms with Gasteiger partial charge in [-0.15, -0.1) is 0 Å². The van der Waals surface area contributed by atoms with Crippen LogP contribution in [0.3, 0.4) is 0 Å². The molecule has 148 valence electrons. The van der Waals surface area contributed by atoms with Crippen molar-refractivity contribution in [2.24, 2.45) is 0 Å². The van der Waals surface area contributed by atoms with E-state index in [4.69, 9.17) is 4.98 Å². The molecule has 0 radical (unpaired) electrons. The summed E-state index contributed by atoms with van der Waals surface area (Å²) in [5.74, 6) is 0.671. The first kappa shape index (κ1) is 17.5. The van der Waals surface area contributed by atoms with Gasteiger partial charge < -0.3 is 4.98 Å². The van der Waals surface area contributed by atoms with Crippen LogP contribution < -0.4 is 0 Å². The molecule has 0 aliphatic carbocycles. The van der Waals surface area contributed by atoms with E-state index in [9.17, 15) is 0 Å². The van der Waals surface area contributed by atoms with E-state index in [-0.39, 0.29) is 0 Å². The first-order chi connectivity index (χ1) is 15.3. The van der Waals surface area contributed by atoms with Gasteiger partial charge in [0.2, 0.25) is 0 Å². The minimum atomic E-state index is 0.645. The Labute approximate surface area is 177 Å². The quantitative estimate of drug-likeness (QED) is 0.437. The van der Waals surface area contributed by atoms with Gasteiger partial charge in [-0.2, -0.15) is 5.10 Å². The van der Waals surface area contributed by atoms with Crippen molar-refractivity contribution >= 4 is 22.1 Å². The van der Waals surface area contributed by atoms with Crippen LogP contribution in [0.5, 0.6) is 0 Å². The monoisotopic (exact) mass is 403 g/mol. The molecule has 2 N–H and O–H groups in total. The van der Waals surface area contributed by atoms with Crippen LogP contribution in [-0.2, 0) is 0 Å². The predicted molar refractivity (Wildman–Crippen MR) is 120 cm³/mol. The number of aromatic nitrogens is 7. The van der Waals surface area contributed by atoms with Gasteiger partial charge in [0.15, 0.2) is 11.5 Å². The Morgan fingerprint density at radius 1 is 0.839 bits per heavy atom. The molecule has 0 aliphatic rings. The number of pyridine rings is 3. The van der Waals surface area contributed by atoms with E-state index in [1.807, 2.05) is 48.9 Å². The van der Waals surface area contributed by atoms with Crippen LogP contribution in [0.1, 0.15) is 5.56 Å². The number of nitrogens with one attached hydrogen (secondary N) is 2. The van der Waals surface area contributed by atoms with Crippen LogP contribution in [0.2, 0.25) is 0 Å². The lowest BCUT2D eigenvalue weighted by Gasteiger charge is -2.05. The van der Waals surface area contributed by atoms with E-state index in [0.717, 1.165) is 44.4 Å². The first-order valence-electron chi connectivity index (χ1n) is 9.92. The molecule has 31 heavy (non-hydrogen) atoms. The lowest BCUT2D eigenvalue weighted by molar-refractivity contribution is 1.10. The van der Waals surface area contributed by atoms with Crippen molar-refractivity contribution in [1.82, 2.24) is 35.1 Å². The fourth-order valence-electron chi connectivity index (χ4n) is 3.91. The number of nitrogens with zero attached hydrogens (tertiary/aromatic N) is 5. The van der Waals surface area contributed by atoms with E-state index in [1.165, 1.54) is 5.56 Å². The van der Waals surface area contributed by atoms with Gasteiger partial charge in [-0.3, -0.25) is 15.1 Å². The summed E-state index contributed by atoms with van der Waals surface area (Å²) in [6.45, 7) is 2.09. The van der Waals surface area contributed by atoms with Crippen LogP contribution in [0.15, 0.2) is 73.4 Å². The molecule has 0 unspecified atom stereocenters.